The van der Waals surface area contributed by atoms with Gasteiger partial charge >= 0.3 is 0 Å². The molecule has 0 spiro atoms. The van der Waals surface area contributed by atoms with Crippen molar-refractivity contribution in [3.63, 3.8) is 0 Å². The maximum atomic E-state index is 12.7. The maximum Gasteiger partial charge on any atom is 0.231 e. The number of hydrogen-bond donors (Lipinski definition) is 3. The normalized spacial score (nSPS) is 12.7. The second-order valence-corrected chi connectivity index (χ2v) is 5.82. The highest BCUT2D eigenvalue weighted by Gasteiger charge is 2.22. The van der Waals surface area contributed by atoms with Gasteiger partial charge in [0.25, 0.3) is 0 Å². The van der Waals surface area contributed by atoms with Gasteiger partial charge in [-0.15, -0.1) is 0 Å². The topological polar surface area (TPSA) is 109 Å². The minimum absolute atomic E-state index is 0.00645. The molecule has 0 amide bonds. The molecule has 4 rings (SSSR count). The van der Waals surface area contributed by atoms with Crippen LogP contribution in [0.25, 0.3) is 11.0 Å². The van der Waals surface area contributed by atoms with E-state index in [1.165, 1.54) is 6.26 Å². The Balaban J connectivity index is 1.84. The number of fused-ring (bicyclic) bond motifs is 2. The minimum atomic E-state index is -0.432. The number of ether oxygens (including phenoxy) is 2. The summed E-state index contributed by atoms with van der Waals surface area (Å²) in [6.45, 7) is 1.62. The first-order chi connectivity index (χ1) is 12.0. The summed E-state index contributed by atoms with van der Waals surface area (Å²) in [5.41, 5.74) is 0.774. The Bertz CT molecular complexity index is 1070. The van der Waals surface area contributed by atoms with Gasteiger partial charge in [-0.2, -0.15) is 0 Å². The molecule has 7 heteroatoms. The predicted molar refractivity (Wildman–Crippen MR) is 87.6 cm³/mol. The molecule has 2 heterocycles. The van der Waals surface area contributed by atoms with Gasteiger partial charge < -0.3 is 29.2 Å². The van der Waals surface area contributed by atoms with E-state index >= 15 is 0 Å². The fourth-order valence-electron chi connectivity index (χ4n) is 2.91. The average Bonchev–Trinajstić information content (AvgIpc) is 3.06. The third kappa shape index (κ3) is 2.24. The maximum absolute atomic E-state index is 12.7. The summed E-state index contributed by atoms with van der Waals surface area (Å²) in [6.07, 6.45) is 1.35. The highest BCUT2D eigenvalue weighted by molar-refractivity contribution is 5.88. The summed E-state index contributed by atoms with van der Waals surface area (Å²) in [5, 5.41) is 30.0. The lowest BCUT2D eigenvalue weighted by molar-refractivity contribution is 0.171. The summed E-state index contributed by atoms with van der Waals surface area (Å²) in [6, 6.07) is 4.39. The van der Waals surface area contributed by atoms with Crippen molar-refractivity contribution in [2.45, 2.75) is 13.3 Å². The quantitative estimate of drug-likeness (QED) is 0.656. The molecule has 7 nitrogen and oxygen atoms in total. The smallest absolute Gasteiger partial charge is 0.231 e. The van der Waals surface area contributed by atoms with E-state index in [-0.39, 0.29) is 52.7 Å². The first-order valence-electron chi connectivity index (χ1n) is 7.53. The van der Waals surface area contributed by atoms with Crippen LogP contribution in [0.4, 0.5) is 0 Å². The summed E-state index contributed by atoms with van der Waals surface area (Å²) in [4.78, 5) is 12.7. The van der Waals surface area contributed by atoms with Crippen molar-refractivity contribution in [1.29, 1.82) is 0 Å². The zero-order valence-corrected chi connectivity index (χ0v) is 13.2. The molecule has 0 radical (unpaired) electrons. The second kappa shape index (κ2) is 5.34. The van der Waals surface area contributed by atoms with Gasteiger partial charge in [0, 0.05) is 29.2 Å². The Morgan fingerprint density at radius 3 is 2.68 bits per heavy atom. The number of benzene rings is 2. The van der Waals surface area contributed by atoms with Crippen LogP contribution in [-0.4, -0.2) is 22.1 Å². The first kappa shape index (κ1) is 15.2. The molecule has 0 atom stereocenters. The zero-order chi connectivity index (χ0) is 17.7. The van der Waals surface area contributed by atoms with Crippen LogP contribution in [0.1, 0.15) is 16.7 Å². The van der Waals surface area contributed by atoms with Crippen molar-refractivity contribution in [3.05, 3.63) is 51.4 Å². The SMILES string of the molecule is Cc1c(O)cc(O)c2c(=O)c(Cc3ccc4c(c3O)OCO4)coc12. The largest absolute Gasteiger partial charge is 0.507 e. The second-order valence-electron chi connectivity index (χ2n) is 5.82. The van der Waals surface area contributed by atoms with Crippen molar-refractivity contribution >= 4 is 11.0 Å². The molecule has 128 valence electrons. The van der Waals surface area contributed by atoms with Crippen LogP contribution in [0, 0.1) is 6.92 Å². The van der Waals surface area contributed by atoms with Crippen LogP contribution >= 0.6 is 0 Å². The van der Waals surface area contributed by atoms with Crippen LogP contribution in [0.5, 0.6) is 28.7 Å². The molecule has 2 aromatic carbocycles. The summed E-state index contributed by atoms with van der Waals surface area (Å²) in [5.74, 6) is 0.0698. The van der Waals surface area contributed by atoms with Gasteiger partial charge in [-0.3, -0.25) is 4.79 Å². The van der Waals surface area contributed by atoms with Crippen LogP contribution in [-0.2, 0) is 6.42 Å². The Labute approximate surface area is 141 Å². The fourth-order valence-corrected chi connectivity index (χ4v) is 2.91. The van der Waals surface area contributed by atoms with Crippen molar-refractivity contribution in [1.82, 2.24) is 0 Å². The van der Waals surface area contributed by atoms with Gasteiger partial charge in [-0.05, 0) is 13.0 Å². The first-order valence-corrected chi connectivity index (χ1v) is 7.53. The van der Waals surface area contributed by atoms with Crippen molar-refractivity contribution in [2.24, 2.45) is 0 Å². The van der Waals surface area contributed by atoms with Crippen molar-refractivity contribution < 1.29 is 29.2 Å². The van der Waals surface area contributed by atoms with E-state index in [0.29, 0.717) is 16.9 Å². The Kier molecular flexibility index (Phi) is 3.24. The third-order valence-electron chi connectivity index (χ3n) is 4.30. The van der Waals surface area contributed by atoms with E-state index in [1.54, 1.807) is 19.1 Å². The van der Waals surface area contributed by atoms with E-state index in [4.69, 9.17) is 13.9 Å². The molecule has 3 aromatic rings. The standard InChI is InChI=1S/C18H14O7/c1-8-11(19)5-12(20)14-15(21)10(6-23-17(8)14)4-9-2-3-13-18(16(9)22)25-7-24-13/h2-3,5-6,19-20,22H,4,7H2,1H3. The molecule has 0 aliphatic carbocycles. The minimum Gasteiger partial charge on any atom is -0.507 e. The Morgan fingerprint density at radius 1 is 1.08 bits per heavy atom. The lowest BCUT2D eigenvalue weighted by atomic mass is 10.0. The monoisotopic (exact) mass is 342 g/mol. The zero-order valence-electron chi connectivity index (χ0n) is 13.2. The van der Waals surface area contributed by atoms with Gasteiger partial charge in [0.15, 0.2) is 16.9 Å². The van der Waals surface area contributed by atoms with Gasteiger partial charge in [0.2, 0.25) is 12.5 Å². The van der Waals surface area contributed by atoms with Crippen LogP contribution in [0.2, 0.25) is 0 Å². The average molecular weight is 342 g/mol. The van der Waals surface area contributed by atoms with Gasteiger partial charge in [-0.25, -0.2) is 0 Å². The van der Waals surface area contributed by atoms with Crippen molar-refractivity contribution in [3.8, 4) is 28.7 Å². The molecule has 1 aliphatic heterocycles. The van der Waals surface area contributed by atoms with Gasteiger partial charge in [0.05, 0.1) is 6.26 Å². The van der Waals surface area contributed by atoms with Crippen LogP contribution in [0.15, 0.2) is 33.7 Å². The molecule has 0 saturated heterocycles. The molecule has 1 aromatic heterocycles. The Hall–Kier alpha value is -3.35. The van der Waals surface area contributed by atoms with E-state index in [2.05, 4.69) is 0 Å². The van der Waals surface area contributed by atoms with Crippen molar-refractivity contribution in [2.75, 3.05) is 6.79 Å². The molecule has 3 N–H and O–H groups in total. The number of phenolic OH excluding ortho intramolecular Hbond substituents is 3. The van der Waals surface area contributed by atoms with E-state index in [0.717, 1.165) is 6.07 Å². The molecule has 0 saturated carbocycles. The summed E-state index contributed by atoms with van der Waals surface area (Å²) < 4.78 is 15.9. The van der Waals surface area contributed by atoms with Gasteiger partial charge in [0.1, 0.15) is 22.5 Å². The van der Waals surface area contributed by atoms with Gasteiger partial charge in [-0.1, -0.05) is 6.07 Å². The van der Waals surface area contributed by atoms with E-state index in [1.807, 2.05) is 0 Å². The number of aryl methyl sites for hydroxylation is 1. The number of phenols is 3. The fraction of sp³-hybridized carbons (Fsp3) is 0.167. The molecule has 1 aliphatic rings. The lowest BCUT2D eigenvalue weighted by Crippen LogP contribution is -2.10. The highest BCUT2D eigenvalue weighted by atomic mass is 16.7. The number of hydrogen-bond acceptors (Lipinski definition) is 7. The summed E-state index contributed by atoms with van der Waals surface area (Å²) in [7, 11) is 0. The highest BCUT2D eigenvalue weighted by Crippen LogP contribution is 2.43. The lowest BCUT2D eigenvalue weighted by Gasteiger charge is -2.09. The van der Waals surface area contributed by atoms with Crippen LogP contribution in [0.3, 0.4) is 0 Å². The Morgan fingerprint density at radius 2 is 1.88 bits per heavy atom. The summed E-state index contributed by atoms with van der Waals surface area (Å²) >= 11 is 0. The third-order valence-corrected chi connectivity index (χ3v) is 4.30. The molecule has 0 bridgehead atoms. The molecule has 25 heavy (non-hydrogen) atoms. The molecule has 0 fully saturated rings. The molecular formula is C18H14O7. The predicted octanol–water partition coefficient (Wildman–Crippen LogP) is 2.54. The molecular weight excluding hydrogens is 328 g/mol. The number of aromatic hydroxyl groups is 3. The van der Waals surface area contributed by atoms with E-state index < -0.39 is 5.43 Å². The van der Waals surface area contributed by atoms with Crippen LogP contribution < -0.4 is 14.9 Å². The number of rotatable bonds is 2. The molecule has 0 unspecified atom stereocenters. The van der Waals surface area contributed by atoms with E-state index in [9.17, 15) is 20.1 Å².